The van der Waals surface area contributed by atoms with Crippen LogP contribution in [0.5, 0.6) is 5.88 Å². The van der Waals surface area contributed by atoms with E-state index in [1.165, 1.54) is 19.3 Å². The van der Waals surface area contributed by atoms with Crippen LogP contribution in [0.2, 0.25) is 0 Å². The summed E-state index contributed by atoms with van der Waals surface area (Å²) in [5.41, 5.74) is 0.565. The van der Waals surface area contributed by atoms with Crippen LogP contribution in [-0.4, -0.2) is 34.8 Å². The van der Waals surface area contributed by atoms with Gasteiger partial charge < -0.3 is 15.2 Å². The number of carbonyl (C=O) groups excluding carboxylic acids is 1. The summed E-state index contributed by atoms with van der Waals surface area (Å²) in [5, 5.41) is 12.3. The molecule has 2 unspecified atom stereocenters. The number of amides is 1. The summed E-state index contributed by atoms with van der Waals surface area (Å²) >= 11 is 0. The Kier molecular flexibility index (Phi) is 6.84. The first kappa shape index (κ1) is 17.7. The second-order valence-electron chi connectivity index (χ2n) is 6.66. The highest BCUT2D eigenvalue weighted by Gasteiger charge is 2.16. The molecule has 1 aliphatic carbocycles. The van der Waals surface area contributed by atoms with E-state index < -0.39 is 0 Å². The molecule has 2 N–H and O–H groups in total. The van der Waals surface area contributed by atoms with E-state index in [0.717, 1.165) is 12.8 Å². The maximum absolute atomic E-state index is 12.2. The summed E-state index contributed by atoms with van der Waals surface area (Å²) < 4.78 is 5.90. The van der Waals surface area contributed by atoms with Gasteiger partial charge in [0.1, 0.15) is 6.10 Å². The Hall–Kier alpha value is -1.62. The number of hydrogen-bond acceptors (Lipinski definition) is 4. The van der Waals surface area contributed by atoms with Gasteiger partial charge in [0.2, 0.25) is 5.88 Å². The van der Waals surface area contributed by atoms with Gasteiger partial charge in [-0.1, -0.05) is 13.3 Å². The number of rotatable bonds is 7. The van der Waals surface area contributed by atoms with Crippen LogP contribution in [0.15, 0.2) is 18.3 Å². The van der Waals surface area contributed by atoms with Gasteiger partial charge in [0, 0.05) is 24.4 Å². The van der Waals surface area contributed by atoms with E-state index >= 15 is 0 Å². The fraction of sp³-hybridized carbons (Fsp3) is 0.667. The standard InChI is InChI=1S/C18H28N2O3/c1-13(10-14(2)21)12-20-18(22)15-8-9-19-17(11-15)23-16-6-4-3-5-7-16/h8-9,11,13-14,16,21H,3-7,10,12H2,1-2H3,(H,20,22). The van der Waals surface area contributed by atoms with Crippen molar-refractivity contribution < 1.29 is 14.6 Å². The van der Waals surface area contributed by atoms with Crippen molar-refractivity contribution in [2.75, 3.05) is 6.54 Å². The number of nitrogens with zero attached hydrogens (tertiary/aromatic N) is 1. The molecular formula is C18H28N2O3. The van der Waals surface area contributed by atoms with Crippen LogP contribution in [-0.2, 0) is 0 Å². The quantitative estimate of drug-likeness (QED) is 0.810. The molecule has 5 nitrogen and oxygen atoms in total. The zero-order chi connectivity index (χ0) is 16.7. The molecule has 0 bridgehead atoms. The summed E-state index contributed by atoms with van der Waals surface area (Å²) in [4.78, 5) is 16.4. The Morgan fingerprint density at radius 3 is 2.83 bits per heavy atom. The van der Waals surface area contributed by atoms with Crippen molar-refractivity contribution in [2.24, 2.45) is 5.92 Å². The summed E-state index contributed by atoms with van der Waals surface area (Å²) in [5.74, 6) is 0.638. The van der Waals surface area contributed by atoms with E-state index in [0.29, 0.717) is 24.4 Å². The third kappa shape index (κ3) is 6.18. The Balaban J connectivity index is 1.86. The van der Waals surface area contributed by atoms with E-state index in [2.05, 4.69) is 10.3 Å². The van der Waals surface area contributed by atoms with Crippen LogP contribution < -0.4 is 10.1 Å². The lowest BCUT2D eigenvalue weighted by atomic mass is 9.98. The third-order valence-electron chi connectivity index (χ3n) is 4.19. The molecule has 2 rings (SSSR count). The van der Waals surface area contributed by atoms with E-state index in [-0.39, 0.29) is 24.0 Å². The van der Waals surface area contributed by atoms with Gasteiger partial charge in [-0.2, -0.15) is 0 Å². The number of aromatic nitrogens is 1. The second-order valence-corrected chi connectivity index (χ2v) is 6.66. The SMILES string of the molecule is CC(O)CC(C)CNC(=O)c1ccnc(OC2CCCCC2)c1. The average molecular weight is 320 g/mol. The molecule has 1 amide bonds. The lowest BCUT2D eigenvalue weighted by Gasteiger charge is -2.22. The number of ether oxygens (including phenoxy) is 1. The minimum Gasteiger partial charge on any atom is -0.474 e. The van der Waals surface area contributed by atoms with Crippen LogP contribution in [0.4, 0.5) is 0 Å². The highest BCUT2D eigenvalue weighted by Crippen LogP contribution is 2.22. The summed E-state index contributed by atoms with van der Waals surface area (Å²) in [7, 11) is 0. The number of hydrogen-bond donors (Lipinski definition) is 2. The van der Waals surface area contributed by atoms with E-state index in [4.69, 9.17) is 4.74 Å². The van der Waals surface area contributed by atoms with E-state index in [9.17, 15) is 9.90 Å². The first-order valence-electron chi connectivity index (χ1n) is 8.63. The lowest BCUT2D eigenvalue weighted by Crippen LogP contribution is -2.29. The first-order valence-corrected chi connectivity index (χ1v) is 8.63. The molecule has 1 fully saturated rings. The van der Waals surface area contributed by atoms with E-state index in [1.54, 1.807) is 25.3 Å². The zero-order valence-electron chi connectivity index (χ0n) is 14.1. The third-order valence-corrected chi connectivity index (χ3v) is 4.19. The van der Waals surface area contributed by atoms with Gasteiger partial charge >= 0.3 is 0 Å². The number of aliphatic hydroxyl groups is 1. The van der Waals surface area contributed by atoms with Gasteiger partial charge in [-0.05, 0) is 51.0 Å². The van der Waals surface area contributed by atoms with Crippen LogP contribution in [0.3, 0.4) is 0 Å². The molecule has 5 heteroatoms. The molecule has 23 heavy (non-hydrogen) atoms. The molecule has 0 spiro atoms. The van der Waals surface area contributed by atoms with Gasteiger partial charge in [-0.3, -0.25) is 4.79 Å². The number of aliphatic hydroxyl groups excluding tert-OH is 1. The van der Waals surface area contributed by atoms with E-state index in [1.807, 2.05) is 6.92 Å². The maximum Gasteiger partial charge on any atom is 0.251 e. The maximum atomic E-state index is 12.2. The molecular weight excluding hydrogens is 292 g/mol. The summed E-state index contributed by atoms with van der Waals surface area (Å²) in [6.07, 6.45) is 7.97. The van der Waals surface area contributed by atoms with Gasteiger partial charge in [0.25, 0.3) is 5.91 Å². The van der Waals surface area contributed by atoms with Crippen LogP contribution in [0.25, 0.3) is 0 Å². The molecule has 1 saturated carbocycles. The van der Waals surface area contributed by atoms with Crippen molar-refractivity contribution in [3.63, 3.8) is 0 Å². The normalized spacial score (nSPS) is 18.2. The molecule has 0 radical (unpaired) electrons. The molecule has 0 aromatic carbocycles. The predicted molar refractivity (Wildman–Crippen MR) is 89.5 cm³/mol. The van der Waals surface area contributed by atoms with Gasteiger partial charge in [-0.25, -0.2) is 4.98 Å². The molecule has 128 valence electrons. The Labute approximate surface area is 138 Å². The highest BCUT2D eigenvalue weighted by molar-refractivity contribution is 5.94. The van der Waals surface area contributed by atoms with Crippen molar-refractivity contribution in [2.45, 2.75) is 64.6 Å². The van der Waals surface area contributed by atoms with Crippen LogP contribution in [0.1, 0.15) is 62.7 Å². The summed E-state index contributed by atoms with van der Waals surface area (Å²) in [6, 6.07) is 3.41. The highest BCUT2D eigenvalue weighted by atomic mass is 16.5. The second kappa shape index (κ2) is 8.87. The molecule has 1 aromatic heterocycles. The molecule has 1 aliphatic rings. The average Bonchev–Trinajstić information content (AvgIpc) is 2.53. The number of carbonyl (C=O) groups is 1. The topological polar surface area (TPSA) is 71.5 Å². The first-order chi connectivity index (χ1) is 11.0. The van der Waals surface area contributed by atoms with Gasteiger partial charge in [0.05, 0.1) is 6.10 Å². The van der Waals surface area contributed by atoms with Crippen molar-refractivity contribution >= 4 is 5.91 Å². The Bertz CT molecular complexity index is 499. The number of pyridine rings is 1. The fourth-order valence-corrected chi connectivity index (χ4v) is 3.00. The van der Waals surface area contributed by atoms with Crippen LogP contribution >= 0.6 is 0 Å². The van der Waals surface area contributed by atoms with Crippen molar-refractivity contribution in [1.82, 2.24) is 10.3 Å². The Morgan fingerprint density at radius 1 is 1.39 bits per heavy atom. The molecule has 1 heterocycles. The van der Waals surface area contributed by atoms with Crippen molar-refractivity contribution in [1.29, 1.82) is 0 Å². The monoisotopic (exact) mass is 320 g/mol. The largest absolute Gasteiger partial charge is 0.474 e. The molecule has 1 aromatic rings. The van der Waals surface area contributed by atoms with Gasteiger partial charge in [-0.15, -0.1) is 0 Å². The zero-order valence-corrected chi connectivity index (χ0v) is 14.1. The minimum atomic E-state index is -0.349. The molecule has 2 atom stereocenters. The smallest absolute Gasteiger partial charge is 0.251 e. The predicted octanol–water partition coefficient (Wildman–Crippen LogP) is 2.93. The number of nitrogens with one attached hydrogen (secondary N) is 1. The van der Waals surface area contributed by atoms with Crippen LogP contribution in [0, 0.1) is 5.92 Å². The Morgan fingerprint density at radius 2 is 2.13 bits per heavy atom. The van der Waals surface area contributed by atoms with Crippen molar-refractivity contribution in [3.05, 3.63) is 23.9 Å². The van der Waals surface area contributed by atoms with Crippen molar-refractivity contribution in [3.8, 4) is 5.88 Å². The molecule has 0 saturated heterocycles. The fourth-order valence-electron chi connectivity index (χ4n) is 3.00. The minimum absolute atomic E-state index is 0.127. The lowest BCUT2D eigenvalue weighted by molar-refractivity contribution is 0.0937. The van der Waals surface area contributed by atoms with Gasteiger partial charge in [0.15, 0.2) is 0 Å². The summed E-state index contributed by atoms with van der Waals surface area (Å²) in [6.45, 7) is 4.32. The molecule has 0 aliphatic heterocycles.